The largest absolute Gasteiger partial charge is 0.135 e. The Kier molecular flexibility index (Phi) is 3.64. The van der Waals surface area contributed by atoms with Crippen molar-refractivity contribution in [2.75, 3.05) is 0 Å². The van der Waals surface area contributed by atoms with Gasteiger partial charge in [-0.1, -0.05) is 151 Å². The molecule has 0 N–H and O–H groups in total. The zero-order valence-electron chi connectivity index (χ0n) is 37.5. The first-order valence-corrected chi connectivity index (χ1v) is 15.1. The van der Waals surface area contributed by atoms with Gasteiger partial charge in [0.25, 0.3) is 0 Å². The summed E-state index contributed by atoms with van der Waals surface area (Å²) in [4.78, 5) is 0.674. The summed E-state index contributed by atoms with van der Waals surface area (Å²) in [5, 5.41) is -0.525. The molecule has 0 bridgehead atoms. The van der Waals surface area contributed by atoms with E-state index in [1.807, 2.05) is 54.6 Å². The summed E-state index contributed by atoms with van der Waals surface area (Å²) < 4.78 is 130. The van der Waals surface area contributed by atoms with Crippen LogP contribution in [-0.2, 0) is 0 Å². The highest BCUT2D eigenvalue weighted by molar-refractivity contribution is 7.23. The SMILES string of the molecule is [2H]c1c([2H])c([2H])c2c(-c3c4c([2H])c([2H])c([2H])c([2H])c4c(-c4c(-c5ccccc5)sc5ccccc45)c4c([2H])c([2H])c([2H])c([2H])c34)c([2H])c(-c3ccccc3)c([2H])c2c1[2H]. The molecule has 45 heavy (non-hydrogen) atoms. The third-order valence-electron chi connectivity index (χ3n) is 8.01. The fraction of sp³-hybridized carbons (Fsp3) is 0. The summed E-state index contributed by atoms with van der Waals surface area (Å²) in [5.74, 6) is 0. The summed E-state index contributed by atoms with van der Waals surface area (Å²) in [7, 11) is 0. The summed E-state index contributed by atoms with van der Waals surface area (Å²) in [6, 6.07) is 17.1. The minimum atomic E-state index is -0.679. The van der Waals surface area contributed by atoms with E-state index >= 15 is 0 Å². The first-order valence-electron chi connectivity index (χ1n) is 21.3. The number of hydrogen-bond acceptors (Lipinski definition) is 1. The Bertz CT molecular complexity index is 3220. The van der Waals surface area contributed by atoms with Crippen LogP contribution >= 0.6 is 11.3 Å². The van der Waals surface area contributed by atoms with E-state index in [1.165, 1.54) is 11.3 Å². The molecule has 0 fully saturated rings. The van der Waals surface area contributed by atoms with Gasteiger partial charge in [-0.2, -0.15) is 0 Å². The van der Waals surface area contributed by atoms with Crippen LogP contribution in [0.4, 0.5) is 0 Å². The van der Waals surface area contributed by atoms with Crippen molar-refractivity contribution in [1.82, 2.24) is 0 Å². The number of benzene rings is 8. The molecule has 9 aromatic rings. The highest BCUT2D eigenvalue weighted by Crippen LogP contribution is 2.52. The van der Waals surface area contributed by atoms with Gasteiger partial charge in [-0.25, -0.2) is 0 Å². The number of thiophene rings is 1. The molecule has 0 nitrogen and oxygen atoms in total. The minimum Gasteiger partial charge on any atom is -0.135 e. The Morgan fingerprint density at radius 3 is 1.60 bits per heavy atom. The zero-order chi connectivity index (χ0) is 41.9. The van der Waals surface area contributed by atoms with Crippen molar-refractivity contribution < 1.29 is 19.2 Å². The maximum Gasteiger partial charge on any atom is 0.0636 e. The van der Waals surface area contributed by atoms with Crippen molar-refractivity contribution in [3.63, 3.8) is 0 Å². The third-order valence-corrected chi connectivity index (χ3v) is 9.23. The van der Waals surface area contributed by atoms with Crippen molar-refractivity contribution >= 4 is 53.7 Å². The molecule has 0 amide bonds. The first kappa shape index (κ1) is 15.5. The summed E-state index contributed by atoms with van der Waals surface area (Å²) in [6.45, 7) is 0. The summed E-state index contributed by atoms with van der Waals surface area (Å²) in [6.07, 6.45) is 0. The van der Waals surface area contributed by atoms with E-state index in [0.29, 0.717) is 21.4 Å². The molecule has 0 spiro atoms. The predicted octanol–water partition coefficient (Wildman–Crippen LogP) is 13.0. The van der Waals surface area contributed by atoms with E-state index in [4.69, 9.17) is 9.60 Å². The molecule has 0 saturated carbocycles. The maximum absolute atomic E-state index is 9.92. The van der Waals surface area contributed by atoms with Gasteiger partial charge in [-0.3, -0.25) is 0 Å². The second-order valence-electron chi connectivity index (χ2n) is 10.5. The molecule has 0 radical (unpaired) electrons. The molecule has 1 heterocycles. The van der Waals surface area contributed by atoms with Crippen LogP contribution in [0.1, 0.15) is 19.2 Å². The molecular weight excluding hydrogens is 561 g/mol. The van der Waals surface area contributed by atoms with Crippen LogP contribution in [0.25, 0.3) is 86.2 Å². The van der Waals surface area contributed by atoms with Crippen LogP contribution in [0.3, 0.4) is 0 Å². The molecule has 1 heteroatoms. The lowest BCUT2D eigenvalue weighted by Gasteiger charge is -2.20. The van der Waals surface area contributed by atoms with Crippen molar-refractivity contribution in [3.8, 4) is 43.8 Å². The van der Waals surface area contributed by atoms with Crippen LogP contribution < -0.4 is 0 Å². The van der Waals surface area contributed by atoms with E-state index in [2.05, 4.69) is 0 Å². The highest BCUT2D eigenvalue weighted by atomic mass is 32.1. The van der Waals surface area contributed by atoms with E-state index in [1.54, 1.807) is 30.3 Å². The van der Waals surface area contributed by atoms with Crippen LogP contribution in [-0.4, -0.2) is 0 Å². The van der Waals surface area contributed by atoms with Gasteiger partial charge >= 0.3 is 0 Å². The van der Waals surface area contributed by atoms with E-state index in [9.17, 15) is 9.60 Å². The van der Waals surface area contributed by atoms with Crippen molar-refractivity contribution in [2.24, 2.45) is 0 Å². The number of fused-ring (bicyclic) bond motifs is 4. The summed E-state index contributed by atoms with van der Waals surface area (Å²) in [5.41, 5.74) is 1.15. The fourth-order valence-electron chi connectivity index (χ4n) is 6.09. The molecule has 0 aliphatic heterocycles. The Balaban J connectivity index is 1.68. The molecule has 0 saturated heterocycles. The Labute approximate surface area is 286 Å². The van der Waals surface area contributed by atoms with E-state index in [-0.39, 0.29) is 60.6 Å². The van der Waals surface area contributed by atoms with Crippen molar-refractivity contribution in [1.29, 1.82) is 0 Å². The van der Waals surface area contributed by atoms with Crippen molar-refractivity contribution in [3.05, 3.63) is 170 Å². The van der Waals surface area contributed by atoms with Crippen LogP contribution in [0, 0.1) is 0 Å². The van der Waals surface area contributed by atoms with Gasteiger partial charge in [-0.15, -0.1) is 11.3 Å². The molecule has 8 aromatic carbocycles. The molecule has 0 unspecified atom stereocenters. The zero-order valence-corrected chi connectivity index (χ0v) is 24.3. The molecule has 1 aromatic heterocycles. The molecule has 0 atom stereocenters. The fourth-order valence-corrected chi connectivity index (χ4v) is 7.30. The standard InChI is InChI=1S/C44H28S/c1-3-15-29(16-4-1)32-27-31-19-7-8-20-33(31)39(28-32)41-34-21-9-11-23-36(34)42(37-24-12-10-22-35(37)41)43-38-25-13-14-26-40(38)45-44(43)30-17-5-2-6-18-30/h1-28H/i7D,8D,9D,10D,11D,12D,19D,20D,21D,22D,23D,24D,27D,28D. The first-order chi connectivity index (χ1) is 28.2. The lowest BCUT2D eigenvalue weighted by Crippen LogP contribution is -1.93. The Morgan fingerprint density at radius 1 is 0.400 bits per heavy atom. The lowest BCUT2D eigenvalue weighted by atomic mass is 9.83. The second-order valence-corrected chi connectivity index (χ2v) is 11.6. The van der Waals surface area contributed by atoms with Crippen LogP contribution in [0.5, 0.6) is 0 Å². The average molecular weight is 603 g/mol. The van der Waals surface area contributed by atoms with Gasteiger partial charge in [0.15, 0.2) is 0 Å². The second kappa shape index (κ2) is 10.6. The van der Waals surface area contributed by atoms with E-state index < -0.39 is 78.6 Å². The number of hydrogen-bond donors (Lipinski definition) is 0. The van der Waals surface area contributed by atoms with Crippen LogP contribution in [0.2, 0.25) is 0 Å². The van der Waals surface area contributed by atoms with Gasteiger partial charge in [0.2, 0.25) is 0 Å². The Hall–Kier alpha value is -5.50. The molecular formula is C44H28S. The van der Waals surface area contributed by atoms with E-state index in [0.717, 1.165) is 10.3 Å². The molecule has 0 aliphatic carbocycles. The molecule has 210 valence electrons. The van der Waals surface area contributed by atoms with Gasteiger partial charge in [-0.05, 0) is 83.8 Å². The van der Waals surface area contributed by atoms with Gasteiger partial charge in [0, 0.05) is 20.5 Å². The average Bonchev–Trinajstić information content (AvgIpc) is 3.63. The van der Waals surface area contributed by atoms with Gasteiger partial charge in [0.1, 0.15) is 0 Å². The van der Waals surface area contributed by atoms with Gasteiger partial charge < -0.3 is 0 Å². The third kappa shape index (κ3) is 4.20. The normalized spacial score (nSPS) is 15.9. The Morgan fingerprint density at radius 2 is 0.933 bits per heavy atom. The lowest BCUT2D eigenvalue weighted by molar-refractivity contribution is 1.63. The highest BCUT2D eigenvalue weighted by Gasteiger charge is 2.23. The topological polar surface area (TPSA) is 0 Å². The van der Waals surface area contributed by atoms with Gasteiger partial charge in [0.05, 0.1) is 19.2 Å². The maximum atomic E-state index is 9.92. The minimum absolute atomic E-state index is 0.0413. The summed E-state index contributed by atoms with van der Waals surface area (Å²) >= 11 is 1.42. The quantitative estimate of drug-likeness (QED) is 0.176. The molecule has 0 aliphatic rings. The predicted molar refractivity (Wildman–Crippen MR) is 196 cm³/mol. The van der Waals surface area contributed by atoms with Crippen molar-refractivity contribution in [2.45, 2.75) is 0 Å². The molecule has 9 rings (SSSR count). The number of rotatable bonds is 4. The monoisotopic (exact) mass is 602 g/mol. The van der Waals surface area contributed by atoms with Crippen LogP contribution in [0.15, 0.2) is 170 Å². The smallest absolute Gasteiger partial charge is 0.0636 e.